The summed E-state index contributed by atoms with van der Waals surface area (Å²) in [4.78, 5) is 11.9. The molecule has 1 amide bonds. The van der Waals surface area contributed by atoms with Crippen LogP contribution in [0.25, 0.3) is 0 Å². The molecule has 0 saturated heterocycles. The third-order valence-electron chi connectivity index (χ3n) is 3.60. The van der Waals surface area contributed by atoms with Crippen molar-refractivity contribution in [2.45, 2.75) is 34.2 Å². The number of carbonyl (C=O) groups excluding carboxylic acids is 1. The molecular formula is C18H25N3O2. The van der Waals surface area contributed by atoms with Crippen LogP contribution in [0.1, 0.15) is 23.9 Å². The Balaban J connectivity index is 1.72. The summed E-state index contributed by atoms with van der Waals surface area (Å²) in [6, 6.07) is 9.73. The molecule has 1 aromatic carbocycles. The van der Waals surface area contributed by atoms with E-state index in [1.54, 1.807) is 0 Å². The topological polar surface area (TPSA) is 56.1 Å². The SMILES string of the molecule is Cc1cccc(OCC(=O)NC[C@@H](C)Cn2nc(C)cc2C)c1. The van der Waals surface area contributed by atoms with Gasteiger partial charge in [0.1, 0.15) is 5.75 Å². The van der Waals surface area contributed by atoms with Crippen LogP contribution in [0.15, 0.2) is 30.3 Å². The second-order valence-corrected chi connectivity index (χ2v) is 6.12. The molecule has 0 unspecified atom stereocenters. The van der Waals surface area contributed by atoms with E-state index in [1.165, 1.54) is 0 Å². The predicted molar refractivity (Wildman–Crippen MR) is 90.5 cm³/mol. The fourth-order valence-corrected chi connectivity index (χ4v) is 2.41. The summed E-state index contributed by atoms with van der Waals surface area (Å²) in [5.41, 5.74) is 3.27. The molecule has 0 spiro atoms. The minimum absolute atomic E-state index is 0.0378. The highest BCUT2D eigenvalue weighted by molar-refractivity contribution is 5.77. The first-order valence-electron chi connectivity index (χ1n) is 7.91. The molecule has 0 radical (unpaired) electrons. The van der Waals surface area contributed by atoms with Crippen LogP contribution in [0.3, 0.4) is 0 Å². The van der Waals surface area contributed by atoms with Crippen LogP contribution < -0.4 is 10.1 Å². The Bertz CT molecular complexity index is 664. The quantitative estimate of drug-likeness (QED) is 0.854. The maximum absolute atomic E-state index is 11.9. The van der Waals surface area contributed by atoms with Gasteiger partial charge in [-0.25, -0.2) is 0 Å². The number of hydrogen-bond acceptors (Lipinski definition) is 3. The summed E-state index contributed by atoms with van der Waals surface area (Å²) >= 11 is 0. The Labute approximate surface area is 137 Å². The smallest absolute Gasteiger partial charge is 0.257 e. The molecular weight excluding hydrogens is 290 g/mol. The Kier molecular flexibility index (Phi) is 5.79. The standard InChI is InChI=1S/C18H25N3O2/c1-13-6-5-7-17(8-13)23-12-18(22)19-10-14(2)11-21-16(4)9-15(3)20-21/h5-9,14H,10-12H2,1-4H3,(H,19,22)/t14-/m1/s1. The Morgan fingerprint density at radius 2 is 2.09 bits per heavy atom. The van der Waals surface area contributed by atoms with Gasteiger partial charge in [-0.3, -0.25) is 9.48 Å². The number of carbonyl (C=O) groups is 1. The molecule has 0 aliphatic heterocycles. The summed E-state index contributed by atoms with van der Waals surface area (Å²) in [6.07, 6.45) is 0. The molecule has 0 aliphatic rings. The number of aromatic nitrogens is 2. The summed E-state index contributed by atoms with van der Waals surface area (Å²) in [7, 11) is 0. The van der Waals surface area contributed by atoms with Crippen LogP contribution in [0.4, 0.5) is 0 Å². The van der Waals surface area contributed by atoms with Crippen LogP contribution in [0.5, 0.6) is 5.75 Å². The van der Waals surface area contributed by atoms with E-state index in [9.17, 15) is 4.79 Å². The molecule has 0 fully saturated rings. The van der Waals surface area contributed by atoms with Gasteiger partial charge in [0.25, 0.3) is 5.91 Å². The fourth-order valence-electron chi connectivity index (χ4n) is 2.41. The minimum atomic E-state index is -0.105. The van der Waals surface area contributed by atoms with Crippen molar-refractivity contribution in [2.75, 3.05) is 13.2 Å². The van der Waals surface area contributed by atoms with Gasteiger partial charge in [0.05, 0.1) is 5.69 Å². The average Bonchev–Trinajstić information content (AvgIpc) is 2.81. The van der Waals surface area contributed by atoms with Gasteiger partial charge < -0.3 is 10.1 Å². The number of nitrogens with one attached hydrogen (secondary N) is 1. The fraction of sp³-hybridized carbons (Fsp3) is 0.444. The molecule has 124 valence electrons. The molecule has 2 rings (SSSR count). The lowest BCUT2D eigenvalue weighted by molar-refractivity contribution is -0.123. The van der Waals surface area contributed by atoms with Gasteiger partial charge >= 0.3 is 0 Å². The summed E-state index contributed by atoms with van der Waals surface area (Å²) in [5, 5.41) is 7.35. The van der Waals surface area contributed by atoms with Crippen LogP contribution in [-0.2, 0) is 11.3 Å². The van der Waals surface area contributed by atoms with E-state index in [1.807, 2.05) is 49.7 Å². The van der Waals surface area contributed by atoms with Gasteiger partial charge in [0, 0.05) is 18.8 Å². The molecule has 1 N–H and O–H groups in total. The Morgan fingerprint density at radius 1 is 1.30 bits per heavy atom. The zero-order chi connectivity index (χ0) is 16.8. The number of rotatable bonds is 7. The van der Waals surface area contributed by atoms with E-state index in [0.29, 0.717) is 12.5 Å². The number of nitrogens with zero attached hydrogens (tertiary/aromatic N) is 2. The maximum Gasteiger partial charge on any atom is 0.257 e. The van der Waals surface area contributed by atoms with E-state index in [4.69, 9.17) is 4.74 Å². The lowest BCUT2D eigenvalue weighted by atomic mass is 10.2. The molecule has 1 heterocycles. The van der Waals surface area contributed by atoms with Crippen molar-refractivity contribution in [2.24, 2.45) is 5.92 Å². The third kappa shape index (κ3) is 5.43. The third-order valence-corrected chi connectivity index (χ3v) is 3.60. The molecule has 0 bridgehead atoms. The van der Waals surface area contributed by atoms with Crippen molar-refractivity contribution in [1.82, 2.24) is 15.1 Å². The van der Waals surface area contributed by atoms with Crippen molar-refractivity contribution in [1.29, 1.82) is 0 Å². The monoisotopic (exact) mass is 315 g/mol. The molecule has 5 nitrogen and oxygen atoms in total. The minimum Gasteiger partial charge on any atom is -0.484 e. The van der Waals surface area contributed by atoms with E-state index < -0.39 is 0 Å². The van der Waals surface area contributed by atoms with Gasteiger partial charge in [-0.05, 0) is 50.5 Å². The molecule has 2 aromatic rings. The molecule has 5 heteroatoms. The molecule has 23 heavy (non-hydrogen) atoms. The number of aryl methyl sites for hydroxylation is 3. The van der Waals surface area contributed by atoms with Crippen molar-refractivity contribution in [3.05, 3.63) is 47.3 Å². The van der Waals surface area contributed by atoms with Gasteiger partial charge in [-0.1, -0.05) is 19.1 Å². The van der Waals surface area contributed by atoms with Crippen LogP contribution >= 0.6 is 0 Å². The molecule has 0 aliphatic carbocycles. The molecule has 1 aromatic heterocycles. The number of hydrogen-bond donors (Lipinski definition) is 1. The van der Waals surface area contributed by atoms with E-state index >= 15 is 0 Å². The molecule has 1 atom stereocenters. The van der Waals surface area contributed by atoms with Crippen LogP contribution in [-0.4, -0.2) is 28.8 Å². The van der Waals surface area contributed by atoms with Crippen molar-refractivity contribution >= 4 is 5.91 Å². The highest BCUT2D eigenvalue weighted by Gasteiger charge is 2.09. The van der Waals surface area contributed by atoms with Gasteiger partial charge in [-0.15, -0.1) is 0 Å². The largest absolute Gasteiger partial charge is 0.484 e. The first-order valence-corrected chi connectivity index (χ1v) is 7.91. The maximum atomic E-state index is 11.9. The zero-order valence-electron chi connectivity index (χ0n) is 14.3. The Hall–Kier alpha value is -2.30. The summed E-state index contributed by atoms with van der Waals surface area (Å²) in [5.74, 6) is 0.915. The second-order valence-electron chi connectivity index (χ2n) is 6.12. The average molecular weight is 315 g/mol. The van der Waals surface area contributed by atoms with Crippen LogP contribution in [0, 0.1) is 26.7 Å². The Morgan fingerprint density at radius 3 is 2.74 bits per heavy atom. The van der Waals surface area contributed by atoms with Gasteiger partial charge in [0.15, 0.2) is 6.61 Å². The lowest BCUT2D eigenvalue weighted by Gasteiger charge is -2.14. The summed E-state index contributed by atoms with van der Waals surface area (Å²) in [6.45, 7) is 9.55. The molecule has 0 saturated carbocycles. The van der Waals surface area contributed by atoms with E-state index in [-0.39, 0.29) is 12.5 Å². The number of benzene rings is 1. The number of ether oxygens (including phenoxy) is 1. The summed E-state index contributed by atoms with van der Waals surface area (Å²) < 4.78 is 7.47. The number of amides is 1. The van der Waals surface area contributed by atoms with Crippen molar-refractivity contribution < 1.29 is 9.53 Å². The lowest BCUT2D eigenvalue weighted by Crippen LogP contribution is -2.33. The first kappa shape index (κ1) is 17.1. The normalized spacial score (nSPS) is 12.0. The van der Waals surface area contributed by atoms with E-state index in [0.717, 1.165) is 29.2 Å². The first-order chi connectivity index (χ1) is 10.9. The van der Waals surface area contributed by atoms with Crippen molar-refractivity contribution in [3.63, 3.8) is 0 Å². The highest BCUT2D eigenvalue weighted by atomic mass is 16.5. The second kappa shape index (κ2) is 7.81. The predicted octanol–water partition coefficient (Wildman–Crippen LogP) is 2.64. The van der Waals surface area contributed by atoms with Crippen LogP contribution in [0.2, 0.25) is 0 Å². The van der Waals surface area contributed by atoms with Gasteiger partial charge in [-0.2, -0.15) is 5.10 Å². The highest BCUT2D eigenvalue weighted by Crippen LogP contribution is 2.12. The zero-order valence-corrected chi connectivity index (χ0v) is 14.3. The van der Waals surface area contributed by atoms with Crippen molar-refractivity contribution in [3.8, 4) is 5.75 Å². The van der Waals surface area contributed by atoms with Gasteiger partial charge in [0.2, 0.25) is 0 Å². The van der Waals surface area contributed by atoms with E-state index in [2.05, 4.69) is 23.4 Å².